The lowest BCUT2D eigenvalue weighted by molar-refractivity contribution is 0.174. The summed E-state index contributed by atoms with van der Waals surface area (Å²) in [6.45, 7) is 1.95. The summed E-state index contributed by atoms with van der Waals surface area (Å²) in [6.07, 6.45) is 3.70. The Morgan fingerprint density at radius 3 is 2.64 bits per heavy atom. The van der Waals surface area contributed by atoms with Crippen molar-refractivity contribution in [1.82, 2.24) is 20.0 Å². The van der Waals surface area contributed by atoms with Crippen molar-refractivity contribution >= 4 is 6.03 Å². The smallest absolute Gasteiger partial charge is 0.317 e. The van der Waals surface area contributed by atoms with Gasteiger partial charge in [-0.1, -0.05) is 30.3 Å². The van der Waals surface area contributed by atoms with E-state index in [-0.39, 0.29) is 12.8 Å². The molecule has 7 heteroatoms. The Hall–Kier alpha value is -3.48. The molecule has 7 nitrogen and oxygen atoms in total. The maximum Gasteiger partial charge on any atom is 0.317 e. The van der Waals surface area contributed by atoms with E-state index < -0.39 is 0 Å². The van der Waals surface area contributed by atoms with E-state index in [1.165, 1.54) is 5.56 Å². The molecule has 4 rings (SSSR count). The van der Waals surface area contributed by atoms with Crippen molar-refractivity contribution in [2.24, 2.45) is 0 Å². The van der Waals surface area contributed by atoms with Crippen LogP contribution in [0.2, 0.25) is 0 Å². The van der Waals surface area contributed by atoms with Gasteiger partial charge in [-0.3, -0.25) is 4.68 Å². The van der Waals surface area contributed by atoms with Crippen molar-refractivity contribution in [3.63, 3.8) is 0 Å². The van der Waals surface area contributed by atoms with E-state index in [2.05, 4.69) is 22.5 Å². The molecule has 2 heterocycles. The quantitative estimate of drug-likeness (QED) is 0.716. The second kappa shape index (κ2) is 8.04. The Balaban J connectivity index is 1.27. The second-order valence-electron chi connectivity index (χ2n) is 6.72. The van der Waals surface area contributed by atoms with Crippen molar-refractivity contribution in [2.75, 3.05) is 13.8 Å². The van der Waals surface area contributed by atoms with Gasteiger partial charge in [0, 0.05) is 32.5 Å². The number of fused-ring (bicyclic) bond motifs is 1. The van der Waals surface area contributed by atoms with Gasteiger partial charge in [-0.15, -0.1) is 0 Å². The van der Waals surface area contributed by atoms with E-state index in [0.717, 1.165) is 29.2 Å². The number of hydrogen-bond donors (Lipinski definition) is 1. The van der Waals surface area contributed by atoms with E-state index in [0.29, 0.717) is 13.1 Å². The highest BCUT2D eigenvalue weighted by molar-refractivity contribution is 5.73. The third-order valence-electron chi connectivity index (χ3n) is 4.57. The monoisotopic (exact) mass is 378 g/mol. The third kappa shape index (κ3) is 4.25. The number of nitrogens with one attached hydrogen (secondary N) is 1. The van der Waals surface area contributed by atoms with Gasteiger partial charge >= 0.3 is 6.03 Å². The number of amides is 2. The Labute approximate surface area is 163 Å². The summed E-state index contributed by atoms with van der Waals surface area (Å²) in [5, 5.41) is 7.16. The SMILES string of the molecule is CN(Cc1ccc2c(c1)OCO2)C(=O)NCc1ccc(Cn2cccn2)cc1. The van der Waals surface area contributed by atoms with E-state index >= 15 is 0 Å². The molecule has 0 atom stereocenters. The van der Waals surface area contributed by atoms with Crippen LogP contribution in [-0.4, -0.2) is 34.6 Å². The molecule has 0 saturated heterocycles. The molecule has 3 aromatic rings. The molecule has 0 spiro atoms. The van der Waals surface area contributed by atoms with Gasteiger partial charge in [0.15, 0.2) is 11.5 Å². The first-order valence-electron chi connectivity index (χ1n) is 9.10. The Morgan fingerprint density at radius 2 is 1.86 bits per heavy atom. The van der Waals surface area contributed by atoms with Gasteiger partial charge < -0.3 is 19.7 Å². The van der Waals surface area contributed by atoms with Crippen LogP contribution in [0.1, 0.15) is 16.7 Å². The number of rotatable bonds is 6. The van der Waals surface area contributed by atoms with E-state index in [1.54, 1.807) is 18.1 Å². The zero-order chi connectivity index (χ0) is 19.3. The third-order valence-corrected chi connectivity index (χ3v) is 4.57. The van der Waals surface area contributed by atoms with Crippen LogP contribution in [0.25, 0.3) is 0 Å². The number of benzene rings is 2. The van der Waals surface area contributed by atoms with Crippen LogP contribution < -0.4 is 14.8 Å². The van der Waals surface area contributed by atoms with Crippen LogP contribution in [0.15, 0.2) is 60.9 Å². The number of nitrogens with zero attached hydrogens (tertiary/aromatic N) is 3. The van der Waals surface area contributed by atoms with Crippen molar-refractivity contribution in [1.29, 1.82) is 0 Å². The topological polar surface area (TPSA) is 68.6 Å². The molecule has 28 heavy (non-hydrogen) atoms. The summed E-state index contributed by atoms with van der Waals surface area (Å²) in [4.78, 5) is 14.0. The number of urea groups is 1. The Bertz CT molecular complexity index is 939. The maximum atomic E-state index is 12.4. The fourth-order valence-electron chi connectivity index (χ4n) is 3.04. The summed E-state index contributed by atoms with van der Waals surface area (Å²) in [7, 11) is 1.77. The first kappa shape index (κ1) is 17.9. The zero-order valence-corrected chi connectivity index (χ0v) is 15.7. The molecular formula is C21H22N4O3. The van der Waals surface area contributed by atoms with E-state index in [1.807, 2.05) is 47.3 Å². The molecule has 1 aliphatic rings. The summed E-state index contributed by atoms with van der Waals surface area (Å²) in [6, 6.07) is 15.7. The molecule has 0 fully saturated rings. The minimum atomic E-state index is -0.127. The average molecular weight is 378 g/mol. The van der Waals surface area contributed by atoms with Crippen LogP contribution in [0, 0.1) is 0 Å². The van der Waals surface area contributed by atoms with Crippen LogP contribution in [-0.2, 0) is 19.6 Å². The van der Waals surface area contributed by atoms with Crippen LogP contribution >= 0.6 is 0 Å². The van der Waals surface area contributed by atoms with Gasteiger partial charge in [0.25, 0.3) is 0 Å². The van der Waals surface area contributed by atoms with Gasteiger partial charge in [-0.05, 0) is 34.9 Å². The van der Waals surface area contributed by atoms with Crippen molar-refractivity contribution in [3.05, 3.63) is 77.6 Å². The fraction of sp³-hybridized carbons (Fsp3) is 0.238. The van der Waals surface area contributed by atoms with Crippen LogP contribution in [0.3, 0.4) is 0 Å². The van der Waals surface area contributed by atoms with Gasteiger partial charge in [-0.25, -0.2) is 4.79 Å². The van der Waals surface area contributed by atoms with E-state index in [4.69, 9.17) is 9.47 Å². The Kier molecular flexibility index (Phi) is 5.14. The standard InChI is InChI=1S/C21H22N4O3/c1-24(13-18-7-8-19-20(11-18)28-15-27-19)21(26)22-12-16-3-5-17(6-4-16)14-25-10-2-9-23-25/h2-11H,12-15H2,1H3,(H,22,26). The highest BCUT2D eigenvalue weighted by Crippen LogP contribution is 2.32. The number of ether oxygens (including phenoxy) is 2. The van der Waals surface area contributed by atoms with Gasteiger partial charge in [-0.2, -0.15) is 5.10 Å². The largest absolute Gasteiger partial charge is 0.454 e. The lowest BCUT2D eigenvalue weighted by Gasteiger charge is -2.18. The minimum Gasteiger partial charge on any atom is -0.454 e. The lowest BCUT2D eigenvalue weighted by Crippen LogP contribution is -2.36. The highest BCUT2D eigenvalue weighted by atomic mass is 16.7. The first-order chi connectivity index (χ1) is 13.7. The lowest BCUT2D eigenvalue weighted by atomic mass is 10.1. The molecule has 1 N–H and O–H groups in total. The maximum absolute atomic E-state index is 12.4. The summed E-state index contributed by atoms with van der Waals surface area (Å²) >= 11 is 0. The molecular weight excluding hydrogens is 356 g/mol. The number of carbonyl (C=O) groups is 1. The van der Waals surface area contributed by atoms with Gasteiger partial charge in [0.1, 0.15) is 0 Å². The summed E-state index contributed by atoms with van der Waals surface area (Å²) < 4.78 is 12.6. The number of carbonyl (C=O) groups excluding carboxylic acids is 1. The average Bonchev–Trinajstić information content (AvgIpc) is 3.38. The highest BCUT2D eigenvalue weighted by Gasteiger charge is 2.15. The Morgan fingerprint density at radius 1 is 1.11 bits per heavy atom. The van der Waals surface area contributed by atoms with Crippen molar-refractivity contribution in [3.8, 4) is 11.5 Å². The van der Waals surface area contributed by atoms with Gasteiger partial charge in [0.2, 0.25) is 6.79 Å². The molecule has 1 aromatic heterocycles. The van der Waals surface area contributed by atoms with Crippen LogP contribution in [0.5, 0.6) is 11.5 Å². The molecule has 0 bridgehead atoms. The number of hydrogen-bond acceptors (Lipinski definition) is 4. The molecule has 0 aliphatic carbocycles. The summed E-state index contributed by atoms with van der Waals surface area (Å²) in [5.41, 5.74) is 3.21. The van der Waals surface area contributed by atoms with E-state index in [9.17, 15) is 4.79 Å². The van der Waals surface area contributed by atoms with Crippen molar-refractivity contribution < 1.29 is 14.3 Å². The predicted molar refractivity (Wildman–Crippen MR) is 104 cm³/mol. The van der Waals surface area contributed by atoms with Crippen molar-refractivity contribution in [2.45, 2.75) is 19.6 Å². The van der Waals surface area contributed by atoms with Gasteiger partial charge in [0.05, 0.1) is 6.54 Å². The molecule has 0 unspecified atom stereocenters. The minimum absolute atomic E-state index is 0.127. The first-order valence-corrected chi connectivity index (χ1v) is 9.10. The summed E-state index contributed by atoms with van der Waals surface area (Å²) in [5.74, 6) is 1.47. The predicted octanol–water partition coefficient (Wildman–Crippen LogP) is 3.00. The second-order valence-corrected chi connectivity index (χ2v) is 6.72. The van der Waals surface area contributed by atoms with Crippen LogP contribution in [0.4, 0.5) is 4.79 Å². The zero-order valence-electron chi connectivity index (χ0n) is 15.7. The molecule has 2 aromatic carbocycles. The normalized spacial score (nSPS) is 12.0. The molecule has 2 amide bonds. The molecule has 0 radical (unpaired) electrons. The number of aromatic nitrogens is 2. The fourth-order valence-corrected chi connectivity index (χ4v) is 3.04. The molecule has 0 saturated carbocycles. The molecule has 1 aliphatic heterocycles. The molecule has 144 valence electrons.